The molecule has 0 bridgehead atoms. The van der Waals surface area contributed by atoms with E-state index in [4.69, 9.17) is 11.6 Å². The van der Waals surface area contributed by atoms with E-state index in [0.717, 1.165) is 12.8 Å². The number of aromatic nitrogens is 3. The number of nitrogens with zero attached hydrogens (tertiary/aromatic N) is 3. The molecule has 22 heavy (non-hydrogen) atoms. The van der Waals surface area contributed by atoms with Crippen LogP contribution in [0.3, 0.4) is 0 Å². The van der Waals surface area contributed by atoms with Crippen molar-refractivity contribution in [3.8, 4) is 11.3 Å². The summed E-state index contributed by atoms with van der Waals surface area (Å²) in [7, 11) is 0. The molecule has 8 heteroatoms. The molecule has 0 aliphatic heterocycles. The number of aliphatic hydroxyl groups is 1. The third kappa shape index (κ3) is 3.20. The topological polar surface area (TPSA) is 63.0 Å². The Bertz CT molecular complexity index is 664. The van der Waals surface area contributed by atoms with Gasteiger partial charge in [0.2, 0.25) is 0 Å². The molecule has 0 spiro atoms. The number of anilines is 1. The first kappa shape index (κ1) is 15.2. The fourth-order valence-electron chi connectivity index (χ4n) is 2.65. The van der Waals surface area contributed by atoms with Gasteiger partial charge in [-0.1, -0.05) is 11.6 Å². The predicted molar refractivity (Wildman–Crippen MR) is 79.0 cm³/mol. The normalized spacial score (nSPS) is 21.5. The van der Waals surface area contributed by atoms with Gasteiger partial charge in [-0.3, -0.25) is 0 Å². The quantitative estimate of drug-likeness (QED) is 0.845. The van der Waals surface area contributed by atoms with Crippen LogP contribution in [0.15, 0.2) is 24.5 Å². The van der Waals surface area contributed by atoms with Crippen molar-refractivity contribution in [2.45, 2.75) is 38.0 Å². The van der Waals surface area contributed by atoms with Gasteiger partial charge in [0.1, 0.15) is 5.15 Å². The Morgan fingerprint density at radius 3 is 2.86 bits per heavy atom. The third-order valence-electron chi connectivity index (χ3n) is 3.72. The lowest BCUT2D eigenvalue weighted by molar-refractivity contribution is 0.0568. The van der Waals surface area contributed by atoms with E-state index in [1.807, 2.05) is 0 Å². The van der Waals surface area contributed by atoms with Crippen molar-refractivity contribution in [2.24, 2.45) is 0 Å². The zero-order valence-corrected chi connectivity index (χ0v) is 12.3. The van der Waals surface area contributed by atoms with Crippen molar-refractivity contribution < 1.29 is 13.9 Å². The lowest BCUT2D eigenvalue weighted by Gasteiger charge is -2.16. The van der Waals surface area contributed by atoms with Crippen molar-refractivity contribution in [1.29, 1.82) is 0 Å². The van der Waals surface area contributed by atoms with Gasteiger partial charge in [0.25, 0.3) is 0 Å². The van der Waals surface area contributed by atoms with Crippen molar-refractivity contribution in [3.05, 3.63) is 29.7 Å². The van der Waals surface area contributed by atoms with Gasteiger partial charge >= 0.3 is 6.55 Å². The Labute approximate surface area is 130 Å². The van der Waals surface area contributed by atoms with Crippen molar-refractivity contribution >= 4 is 17.3 Å². The van der Waals surface area contributed by atoms with E-state index in [9.17, 15) is 13.9 Å². The molecule has 5 nitrogen and oxygen atoms in total. The minimum atomic E-state index is -2.68. The molecule has 2 unspecified atom stereocenters. The summed E-state index contributed by atoms with van der Waals surface area (Å²) in [6, 6.07) is 3.26. The monoisotopic (exact) mass is 328 g/mol. The summed E-state index contributed by atoms with van der Waals surface area (Å²) in [6.07, 6.45) is 4.64. The van der Waals surface area contributed by atoms with E-state index in [2.05, 4.69) is 15.4 Å². The Balaban J connectivity index is 1.89. The van der Waals surface area contributed by atoms with Gasteiger partial charge in [-0.15, -0.1) is 0 Å². The molecule has 2 N–H and O–H groups in total. The fourth-order valence-corrected chi connectivity index (χ4v) is 2.81. The standard InChI is InChI=1S/C14H15ClF2N4O/c15-13-6-12(19-8-1-2-9(22)5-8)10(7-18-13)11-3-4-21(20-11)14(16)17/h3-4,6-9,14,22H,1-2,5H2,(H,18,19). The largest absolute Gasteiger partial charge is 0.393 e. The average molecular weight is 329 g/mol. The second-order valence-electron chi connectivity index (χ2n) is 5.32. The molecule has 1 saturated carbocycles. The van der Waals surface area contributed by atoms with Crippen molar-refractivity contribution in [1.82, 2.24) is 14.8 Å². The van der Waals surface area contributed by atoms with E-state index in [1.165, 1.54) is 18.5 Å². The summed E-state index contributed by atoms with van der Waals surface area (Å²) in [5, 5.41) is 17.1. The van der Waals surface area contributed by atoms with Crippen molar-refractivity contribution in [3.63, 3.8) is 0 Å². The van der Waals surface area contributed by atoms with E-state index in [1.54, 1.807) is 6.07 Å². The SMILES string of the molecule is OC1CCC(Nc2cc(Cl)ncc2-c2ccn(C(F)F)n2)C1. The van der Waals surface area contributed by atoms with Gasteiger partial charge in [0, 0.05) is 29.7 Å². The molecule has 2 heterocycles. The van der Waals surface area contributed by atoms with Crippen LogP contribution in [-0.2, 0) is 0 Å². The molecule has 2 atom stereocenters. The molecule has 118 valence electrons. The molecule has 2 aromatic rings. The molecule has 3 rings (SSSR count). The smallest absolute Gasteiger partial charge is 0.333 e. The zero-order chi connectivity index (χ0) is 15.7. The van der Waals surface area contributed by atoms with Crippen LogP contribution in [0.25, 0.3) is 11.3 Å². The molecule has 1 aliphatic carbocycles. The molecule has 0 aromatic carbocycles. The van der Waals surface area contributed by atoms with Crippen LogP contribution in [-0.4, -0.2) is 32.0 Å². The highest BCUT2D eigenvalue weighted by atomic mass is 35.5. The second-order valence-corrected chi connectivity index (χ2v) is 5.71. The summed E-state index contributed by atoms with van der Waals surface area (Å²) in [5.41, 5.74) is 1.68. The number of rotatable bonds is 4. The maximum atomic E-state index is 12.7. The van der Waals surface area contributed by atoms with Crippen LogP contribution in [0, 0.1) is 0 Å². The van der Waals surface area contributed by atoms with Gasteiger partial charge in [-0.05, 0) is 31.4 Å². The van der Waals surface area contributed by atoms with E-state index in [-0.39, 0.29) is 12.1 Å². The summed E-state index contributed by atoms with van der Waals surface area (Å²) in [4.78, 5) is 4.00. The first-order valence-corrected chi connectivity index (χ1v) is 7.34. The number of alkyl halides is 2. The summed E-state index contributed by atoms with van der Waals surface area (Å²) < 4.78 is 25.9. The Kier molecular flexibility index (Phi) is 4.26. The third-order valence-corrected chi connectivity index (χ3v) is 3.93. The van der Waals surface area contributed by atoms with Gasteiger partial charge < -0.3 is 10.4 Å². The molecular weight excluding hydrogens is 314 g/mol. The summed E-state index contributed by atoms with van der Waals surface area (Å²) in [5.74, 6) is 0. The number of aliphatic hydroxyl groups excluding tert-OH is 1. The minimum absolute atomic E-state index is 0.115. The molecule has 1 aliphatic rings. The molecule has 0 radical (unpaired) electrons. The molecule has 0 amide bonds. The Morgan fingerprint density at radius 2 is 2.23 bits per heavy atom. The Hall–Kier alpha value is -1.73. The van der Waals surface area contributed by atoms with E-state index >= 15 is 0 Å². The second kappa shape index (κ2) is 6.18. The number of pyridine rings is 1. The van der Waals surface area contributed by atoms with Gasteiger partial charge in [-0.25, -0.2) is 9.67 Å². The fraction of sp³-hybridized carbons (Fsp3) is 0.429. The number of halogens is 3. The average Bonchev–Trinajstić information content (AvgIpc) is 3.08. The van der Waals surface area contributed by atoms with Crippen LogP contribution >= 0.6 is 11.6 Å². The minimum Gasteiger partial charge on any atom is -0.393 e. The van der Waals surface area contributed by atoms with Gasteiger partial charge in [0.05, 0.1) is 11.8 Å². The molecule has 0 saturated heterocycles. The van der Waals surface area contributed by atoms with Crippen molar-refractivity contribution in [2.75, 3.05) is 5.32 Å². The van der Waals surface area contributed by atoms with Crippen LogP contribution in [0.4, 0.5) is 14.5 Å². The highest BCUT2D eigenvalue weighted by molar-refractivity contribution is 6.29. The summed E-state index contributed by atoms with van der Waals surface area (Å²) in [6.45, 7) is -2.68. The number of hydrogen-bond acceptors (Lipinski definition) is 4. The van der Waals surface area contributed by atoms with E-state index in [0.29, 0.717) is 33.2 Å². The zero-order valence-electron chi connectivity index (χ0n) is 11.6. The number of hydrogen-bond donors (Lipinski definition) is 2. The maximum absolute atomic E-state index is 12.7. The van der Waals surface area contributed by atoms with Crippen LogP contribution in [0.2, 0.25) is 5.15 Å². The van der Waals surface area contributed by atoms with Crippen LogP contribution in [0.1, 0.15) is 25.8 Å². The maximum Gasteiger partial charge on any atom is 0.333 e. The van der Waals surface area contributed by atoms with Gasteiger partial charge in [0.15, 0.2) is 0 Å². The highest BCUT2D eigenvalue weighted by Crippen LogP contribution is 2.31. The van der Waals surface area contributed by atoms with Crippen LogP contribution in [0.5, 0.6) is 0 Å². The molecule has 1 fully saturated rings. The summed E-state index contributed by atoms with van der Waals surface area (Å²) >= 11 is 5.93. The molecule has 2 aromatic heterocycles. The first-order valence-electron chi connectivity index (χ1n) is 6.97. The Morgan fingerprint density at radius 1 is 1.41 bits per heavy atom. The van der Waals surface area contributed by atoms with Gasteiger partial charge in [-0.2, -0.15) is 13.9 Å². The van der Waals surface area contributed by atoms with E-state index < -0.39 is 6.55 Å². The van der Waals surface area contributed by atoms with Crippen LogP contribution < -0.4 is 5.32 Å². The lowest BCUT2D eigenvalue weighted by atomic mass is 10.1. The predicted octanol–water partition coefficient (Wildman–Crippen LogP) is 3.32. The first-order chi connectivity index (χ1) is 10.5. The lowest BCUT2D eigenvalue weighted by Crippen LogP contribution is -2.17. The number of nitrogens with one attached hydrogen (secondary N) is 1. The molecular formula is C14H15ClF2N4O. The highest BCUT2D eigenvalue weighted by Gasteiger charge is 2.24.